The van der Waals surface area contributed by atoms with E-state index in [0.29, 0.717) is 43.7 Å². The van der Waals surface area contributed by atoms with Crippen LogP contribution in [0.25, 0.3) is 0 Å². The van der Waals surface area contributed by atoms with Gasteiger partial charge in [0.15, 0.2) is 11.6 Å². The molecule has 0 aliphatic carbocycles. The number of anilines is 2. The van der Waals surface area contributed by atoms with Crippen LogP contribution in [0.15, 0.2) is 97.1 Å². The van der Waals surface area contributed by atoms with Crippen LogP contribution >= 0.6 is 23.2 Å². The van der Waals surface area contributed by atoms with Crippen LogP contribution in [0.3, 0.4) is 0 Å². The number of carboxylic acids is 2. The fraction of sp³-hybridized carbons (Fsp3) is 0.158. The molecule has 0 aromatic heterocycles. The molecule has 4 aromatic carbocycles. The van der Waals surface area contributed by atoms with E-state index in [1.807, 2.05) is 12.1 Å². The van der Waals surface area contributed by atoms with E-state index in [4.69, 9.17) is 54.5 Å². The van der Waals surface area contributed by atoms with Crippen molar-refractivity contribution in [3.8, 4) is 0 Å². The molecule has 0 saturated carbocycles. The Morgan fingerprint density at radius 2 is 0.839 bits per heavy atom. The fourth-order valence-electron chi connectivity index (χ4n) is 4.34. The van der Waals surface area contributed by atoms with Crippen molar-refractivity contribution in [2.45, 2.75) is 12.8 Å². The molecule has 0 saturated heterocycles. The van der Waals surface area contributed by atoms with E-state index in [0.717, 1.165) is 0 Å². The van der Waals surface area contributed by atoms with Gasteiger partial charge in [0.05, 0.1) is 13.1 Å². The number of aliphatic carboxylic acids is 2. The van der Waals surface area contributed by atoms with Crippen molar-refractivity contribution in [3.05, 3.63) is 129 Å². The number of halogens is 2. The van der Waals surface area contributed by atoms with E-state index in [1.54, 1.807) is 72.8 Å². The Morgan fingerprint density at radius 1 is 0.500 bits per heavy atom. The first-order valence-corrected chi connectivity index (χ1v) is 17.2. The van der Waals surface area contributed by atoms with E-state index in [1.165, 1.54) is 12.1 Å². The number of nitrogens with two attached hydrogens (primary N) is 2. The van der Waals surface area contributed by atoms with Crippen LogP contribution in [0.2, 0.25) is 10.0 Å². The van der Waals surface area contributed by atoms with Gasteiger partial charge >= 0.3 is 11.9 Å². The summed E-state index contributed by atoms with van der Waals surface area (Å²) in [6, 6.07) is 27.0. The molecule has 0 heterocycles. The van der Waals surface area contributed by atoms with E-state index >= 15 is 0 Å². The highest BCUT2D eigenvalue weighted by atomic mass is 35.5. The minimum Gasteiger partial charge on any atom is -0.473 e. The Bertz CT molecular complexity index is 1890. The molecule has 0 radical (unpaired) electrons. The van der Waals surface area contributed by atoms with Gasteiger partial charge in [0.1, 0.15) is 0 Å². The number of ketones is 2. The second-order valence-electron chi connectivity index (χ2n) is 11.1. The Kier molecular flexibility index (Phi) is 19.6. The van der Waals surface area contributed by atoms with Gasteiger partial charge in [-0.3, -0.25) is 39.4 Å². The molecule has 0 atom stereocenters. The molecule has 18 heteroatoms. The predicted octanol–water partition coefficient (Wildman–Crippen LogP) is 3.10. The van der Waals surface area contributed by atoms with Crippen molar-refractivity contribution in [1.29, 1.82) is 0 Å². The lowest BCUT2D eigenvalue weighted by atomic mass is 10.0. The standard InChI is InChI=1S/2C18H18ClN3O3.C2H2O4/c2*19-13-6-7-15(21-11-17(24)22-16(23)8-9-20)14(10-13)18(25)12-4-2-1-3-5-12;3-1(4)2(5)6/h2*1-7,10,21H,8-9,11,20H2,(H,22,23,24);(H,3,4)(H,5,6). The van der Waals surface area contributed by atoms with E-state index < -0.39 is 35.6 Å². The van der Waals surface area contributed by atoms with Crippen LogP contribution < -0.4 is 32.7 Å². The number of amides is 4. The highest BCUT2D eigenvalue weighted by Crippen LogP contribution is 2.25. The molecule has 0 bridgehead atoms. The molecule has 0 aliphatic rings. The number of carboxylic acid groups (broad SMARTS) is 2. The van der Waals surface area contributed by atoms with Crippen LogP contribution in [0.4, 0.5) is 11.4 Å². The van der Waals surface area contributed by atoms with Crippen molar-refractivity contribution in [2.24, 2.45) is 11.5 Å². The van der Waals surface area contributed by atoms with Crippen LogP contribution in [0, 0.1) is 0 Å². The number of hydrogen-bond donors (Lipinski definition) is 8. The lowest BCUT2D eigenvalue weighted by Gasteiger charge is -2.12. The fourth-order valence-corrected chi connectivity index (χ4v) is 4.69. The normalized spacial score (nSPS) is 9.86. The number of carbonyl (C=O) groups excluding carboxylic acids is 6. The molecule has 0 unspecified atom stereocenters. The van der Waals surface area contributed by atoms with Crippen LogP contribution in [0.1, 0.15) is 44.7 Å². The minimum absolute atomic E-state index is 0.0738. The quantitative estimate of drug-likeness (QED) is 0.0672. The number of imide groups is 2. The molecule has 0 spiro atoms. The molecule has 0 aliphatic heterocycles. The third-order valence-electron chi connectivity index (χ3n) is 6.89. The minimum atomic E-state index is -1.82. The van der Waals surface area contributed by atoms with Gasteiger partial charge in [-0.05, 0) is 36.4 Å². The van der Waals surface area contributed by atoms with Crippen molar-refractivity contribution < 1.29 is 48.6 Å². The largest absolute Gasteiger partial charge is 0.473 e. The molecule has 0 fully saturated rings. The van der Waals surface area contributed by atoms with Crippen molar-refractivity contribution in [2.75, 3.05) is 36.8 Å². The molecule has 4 amide bonds. The first-order chi connectivity index (χ1) is 26.7. The Labute approximate surface area is 330 Å². The zero-order valence-electron chi connectivity index (χ0n) is 29.6. The summed E-state index contributed by atoms with van der Waals surface area (Å²) >= 11 is 12.0. The molecular formula is C38H38Cl2N6O10. The zero-order chi connectivity index (χ0) is 41.6. The number of hydrogen-bond acceptors (Lipinski definition) is 12. The summed E-state index contributed by atoms with van der Waals surface area (Å²) in [5.41, 5.74) is 13.1. The van der Waals surface area contributed by atoms with Gasteiger partial charge in [-0.2, -0.15) is 0 Å². The number of rotatable bonds is 14. The number of nitrogens with one attached hydrogen (secondary N) is 4. The van der Waals surface area contributed by atoms with Crippen LogP contribution in [0.5, 0.6) is 0 Å². The maximum atomic E-state index is 12.7. The summed E-state index contributed by atoms with van der Waals surface area (Å²) in [6.45, 7) is 0.0128. The zero-order valence-corrected chi connectivity index (χ0v) is 31.1. The SMILES string of the molecule is NCCC(=O)NC(=O)CNc1ccc(Cl)cc1C(=O)c1ccccc1.NCCC(=O)NC(=O)CNc1ccc(Cl)cc1C(=O)c1ccccc1.O=C(O)C(=O)O. The molecule has 294 valence electrons. The summed E-state index contributed by atoms with van der Waals surface area (Å²) in [5, 5.41) is 25.8. The van der Waals surface area contributed by atoms with Gasteiger partial charge in [-0.1, -0.05) is 83.9 Å². The first kappa shape index (κ1) is 45.7. The summed E-state index contributed by atoms with van der Waals surface area (Å²) in [4.78, 5) is 89.8. The van der Waals surface area contributed by atoms with Crippen molar-refractivity contribution in [3.63, 3.8) is 0 Å². The van der Waals surface area contributed by atoms with Gasteiger partial charge in [0.25, 0.3) is 0 Å². The van der Waals surface area contributed by atoms with Crippen LogP contribution in [-0.4, -0.2) is 83.5 Å². The second-order valence-corrected chi connectivity index (χ2v) is 12.0. The van der Waals surface area contributed by atoms with E-state index in [9.17, 15) is 28.8 Å². The van der Waals surface area contributed by atoms with Gasteiger partial charge in [-0.15, -0.1) is 0 Å². The Hall–Kier alpha value is -6.46. The topological polar surface area (TPSA) is 277 Å². The van der Waals surface area contributed by atoms with Crippen molar-refractivity contribution >= 4 is 81.7 Å². The van der Waals surface area contributed by atoms with Gasteiger partial charge < -0.3 is 32.3 Å². The molecule has 4 aromatic rings. The van der Waals surface area contributed by atoms with Gasteiger partial charge in [0.2, 0.25) is 23.6 Å². The monoisotopic (exact) mass is 808 g/mol. The van der Waals surface area contributed by atoms with Crippen LogP contribution in [-0.2, 0) is 28.8 Å². The molecule has 56 heavy (non-hydrogen) atoms. The third-order valence-corrected chi connectivity index (χ3v) is 7.36. The van der Waals surface area contributed by atoms with Gasteiger partial charge in [-0.25, -0.2) is 9.59 Å². The Balaban J connectivity index is 0.000000338. The van der Waals surface area contributed by atoms with E-state index in [2.05, 4.69) is 21.3 Å². The van der Waals surface area contributed by atoms with Gasteiger partial charge in [0, 0.05) is 69.6 Å². The second kappa shape index (κ2) is 24.0. The summed E-state index contributed by atoms with van der Waals surface area (Å²) in [6.07, 6.45) is 0.148. The summed E-state index contributed by atoms with van der Waals surface area (Å²) < 4.78 is 0. The van der Waals surface area contributed by atoms with Crippen molar-refractivity contribution in [1.82, 2.24) is 10.6 Å². The smallest absolute Gasteiger partial charge is 0.414 e. The average molecular weight is 810 g/mol. The molecule has 10 N–H and O–H groups in total. The average Bonchev–Trinajstić information content (AvgIpc) is 3.17. The summed E-state index contributed by atoms with van der Waals surface area (Å²) in [7, 11) is 0. The third kappa shape index (κ3) is 16.3. The summed E-state index contributed by atoms with van der Waals surface area (Å²) in [5.74, 6) is -5.98. The molecule has 4 rings (SSSR count). The highest BCUT2D eigenvalue weighted by molar-refractivity contribution is 6.32. The predicted molar refractivity (Wildman–Crippen MR) is 209 cm³/mol. The lowest BCUT2D eigenvalue weighted by molar-refractivity contribution is -0.159. The highest BCUT2D eigenvalue weighted by Gasteiger charge is 2.17. The maximum absolute atomic E-state index is 12.7. The molecule has 16 nitrogen and oxygen atoms in total. The van der Waals surface area contributed by atoms with E-state index in [-0.39, 0.29) is 50.6 Å². The maximum Gasteiger partial charge on any atom is 0.414 e. The lowest BCUT2D eigenvalue weighted by Crippen LogP contribution is -2.36. The molecular weight excluding hydrogens is 771 g/mol. The number of benzene rings is 4. The Morgan fingerprint density at radius 3 is 1.14 bits per heavy atom. The first-order valence-electron chi connectivity index (χ1n) is 16.4. The number of carbonyl (C=O) groups is 8.